The number of nitrogens with one attached hydrogen (secondary N) is 1. The van der Waals surface area contributed by atoms with Gasteiger partial charge in [-0.25, -0.2) is 4.98 Å². The summed E-state index contributed by atoms with van der Waals surface area (Å²) in [4.78, 5) is 4.49. The van der Waals surface area contributed by atoms with E-state index in [-0.39, 0.29) is 6.10 Å². The van der Waals surface area contributed by atoms with Gasteiger partial charge < -0.3 is 14.6 Å². The lowest BCUT2D eigenvalue weighted by atomic mass is 10.1. The van der Waals surface area contributed by atoms with Crippen LogP contribution >= 0.6 is 0 Å². The Hall–Kier alpha value is -1.66. The highest BCUT2D eigenvalue weighted by atomic mass is 16.5. The largest absolute Gasteiger partial charge is 0.369 e. The highest BCUT2D eigenvalue weighted by Gasteiger charge is 2.32. The molecule has 1 fully saturated rings. The Morgan fingerprint density at radius 2 is 2.30 bits per heavy atom. The van der Waals surface area contributed by atoms with Crippen molar-refractivity contribution in [3.8, 4) is 0 Å². The summed E-state index contributed by atoms with van der Waals surface area (Å²) in [6.45, 7) is 10.0. The fourth-order valence-electron chi connectivity index (χ4n) is 3.12. The van der Waals surface area contributed by atoms with Gasteiger partial charge in [0, 0.05) is 56.4 Å². The number of hydrogen-bond acceptors (Lipinski definition) is 4. The Balaban J connectivity index is 1.60. The molecule has 1 N–H and O–H groups in total. The first kappa shape index (κ1) is 16.2. The van der Waals surface area contributed by atoms with Gasteiger partial charge in [0.2, 0.25) is 0 Å². The zero-order valence-corrected chi connectivity index (χ0v) is 14.3. The first-order valence-electron chi connectivity index (χ1n) is 8.54. The fraction of sp³-hybridized carbons (Fsp3) is 0.647. The molecular formula is C17H27N5O. The van der Waals surface area contributed by atoms with Crippen molar-refractivity contribution in [2.24, 2.45) is 5.92 Å². The van der Waals surface area contributed by atoms with Crippen LogP contribution in [-0.4, -0.2) is 32.0 Å². The number of nitrogens with zero attached hydrogens (tertiary/aromatic N) is 4. The van der Waals surface area contributed by atoms with Gasteiger partial charge in [0.1, 0.15) is 11.9 Å². The number of aromatic nitrogens is 4. The molecule has 0 unspecified atom stereocenters. The van der Waals surface area contributed by atoms with E-state index in [0.717, 1.165) is 38.5 Å². The molecule has 0 saturated carbocycles. The van der Waals surface area contributed by atoms with Crippen molar-refractivity contribution < 1.29 is 4.74 Å². The average Bonchev–Trinajstić information content (AvgIpc) is 3.24. The summed E-state index contributed by atoms with van der Waals surface area (Å²) in [7, 11) is 0. The molecule has 6 nitrogen and oxygen atoms in total. The lowest BCUT2D eigenvalue weighted by Crippen LogP contribution is -2.32. The van der Waals surface area contributed by atoms with Crippen LogP contribution in [0, 0.1) is 5.92 Å². The Morgan fingerprint density at radius 3 is 3.09 bits per heavy atom. The first-order chi connectivity index (χ1) is 11.2. The Morgan fingerprint density at radius 1 is 1.43 bits per heavy atom. The lowest BCUT2D eigenvalue weighted by molar-refractivity contribution is 0.0886. The van der Waals surface area contributed by atoms with E-state index in [2.05, 4.69) is 46.9 Å². The number of hydrogen-bond donors (Lipinski definition) is 1. The molecule has 0 aliphatic carbocycles. The molecule has 2 aromatic heterocycles. The molecule has 1 aliphatic heterocycles. The van der Waals surface area contributed by atoms with E-state index in [1.54, 1.807) is 0 Å². The molecule has 23 heavy (non-hydrogen) atoms. The molecule has 6 heteroatoms. The summed E-state index contributed by atoms with van der Waals surface area (Å²) in [6, 6.07) is 0.302. The first-order valence-corrected chi connectivity index (χ1v) is 8.54. The maximum Gasteiger partial charge on any atom is 0.139 e. The second kappa shape index (κ2) is 7.27. The normalized spacial score (nSPS) is 21.4. The number of rotatable bonds is 7. The van der Waals surface area contributed by atoms with E-state index in [0.29, 0.717) is 12.0 Å². The molecule has 0 aromatic carbocycles. The summed E-state index contributed by atoms with van der Waals surface area (Å²) >= 11 is 0. The third-order valence-corrected chi connectivity index (χ3v) is 4.24. The van der Waals surface area contributed by atoms with Gasteiger partial charge in [-0.05, 0) is 19.3 Å². The molecule has 0 spiro atoms. The minimum Gasteiger partial charge on any atom is -0.369 e. The van der Waals surface area contributed by atoms with Crippen molar-refractivity contribution in [3.05, 3.63) is 36.2 Å². The van der Waals surface area contributed by atoms with E-state index in [1.807, 2.05) is 23.3 Å². The second-order valence-corrected chi connectivity index (χ2v) is 6.60. The molecular weight excluding hydrogens is 290 g/mol. The zero-order chi connectivity index (χ0) is 16.2. The van der Waals surface area contributed by atoms with Crippen LogP contribution in [-0.2, 0) is 24.4 Å². The molecule has 0 amide bonds. The average molecular weight is 317 g/mol. The van der Waals surface area contributed by atoms with Crippen molar-refractivity contribution >= 4 is 0 Å². The monoisotopic (exact) mass is 317 g/mol. The predicted octanol–water partition coefficient (Wildman–Crippen LogP) is 2.38. The fourth-order valence-corrected chi connectivity index (χ4v) is 3.12. The summed E-state index contributed by atoms with van der Waals surface area (Å²) in [5.74, 6) is 1.63. The molecule has 3 rings (SSSR count). The molecule has 3 heterocycles. The van der Waals surface area contributed by atoms with Gasteiger partial charge in [0.25, 0.3) is 0 Å². The van der Waals surface area contributed by atoms with Crippen molar-refractivity contribution in [2.45, 2.75) is 59.0 Å². The van der Waals surface area contributed by atoms with Gasteiger partial charge in [0.05, 0.1) is 6.20 Å². The van der Waals surface area contributed by atoms with Crippen molar-refractivity contribution in [1.29, 1.82) is 0 Å². The Labute approximate surface area is 137 Å². The van der Waals surface area contributed by atoms with Crippen LogP contribution in [0.3, 0.4) is 0 Å². The van der Waals surface area contributed by atoms with Crippen molar-refractivity contribution in [3.63, 3.8) is 0 Å². The van der Waals surface area contributed by atoms with Crippen molar-refractivity contribution in [2.75, 3.05) is 6.61 Å². The molecule has 2 atom stereocenters. The van der Waals surface area contributed by atoms with Crippen LogP contribution < -0.4 is 5.32 Å². The summed E-state index contributed by atoms with van der Waals surface area (Å²) in [5.41, 5.74) is 1.22. The third kappa shape index (κ3) is 3.82. The van der Waals surface area contributed by atoms with E-state index in [9.17, 15) is 0 Å². The number of ether oxygens (including phenoxy) is 1. The molecule has 0 bridgehead atoms. The van der Waals surface area contributed by atoms with Crippen LogP contribution in [0.25, 0.3) is 0 Å². The van der Waals surface area contributed by atoms with Crippen LogP contribution in [0.4, 0.5) is 0 Å². The predicted molar refractivity (Wildman–Crippen MR) is 88.9 cm³/mol. The molecule has 2 aromatic rings. The van der Waals surface area contributed by atoms with E-state index >= 15 is 0 Å². The van der Waals surface area contributed by atoms with Gasteiger partial charge >= 0.3 is 0 Å². The molecule has 0 radical (unpaired) electrons. The maximum absolute atomic E-state index is 5.93. The SMILES string of the molecule is CCn1ccnc1[C@H]1OCC[C@@H]1NCc1cnn(CC(C)C)c1. The third-order valence-electron chi connectivity index (χ3n) is 4.24. The summed E-state index contributed by atoms with van der Waals surface area (Å²) < 4.78 is 10.1. The topological polar surface area (TPSA) is 56.9 Å². The van der Waals surface area contributed by atoms with E-state index < -0.39 is 0 Å². The summed E-state index contributed by atoms with van der Waals surface area (Å²) in [5, 5.41) is 8.05. The summed E-state index contributed by atoms with van der Waals surface area (Å²) in [6.07, 6.45) is 9.01. The Bertz CT molecular complexity index is 618. The van der Waals surface area contributed by atoms with Gasteiger partial charge in [0.15, 0.2) is 0 Å². The molecule has 126 valence electrons. The minimum atomic E-state index is 0.0376. The maximum atomic E-state index is 5.93. The second-order valence-electron chi connectivity index (χ2n) is 6.60. The molecule has 1 aliphatic rings. The Kier molecular flexibility index (Phi) is 5.13. The quantitative estimate of drug-likeness (QED) is 0.852. The van der Waals surface area contributed by atoms with Gasteiger partial charge in [-0.2, -0.15) is 5.10 Å². The lowest BCUT2D eigenvalue weighted by Gasteiger charge is -2.20. The van der Waals surface area contributed by atoms with E-state index in [4.69, 9.17) is 4.74 Å². The van der Waals surface area contributed by atoms with Crippen molar-refractivity contribution in [1.82, 2.24) is 24.6 Å². The minimum absolute atomic E-state index is 0.0376. The zero-order valence-electron chi connectivity index (χ0n) is 14.3. The standard InChI is InChI=1S/C17H27N5O/c1-4-21-7-6-18-17(21)16-15(5-8-23-16)19-9-14-10-20-22(12-14)11-13(2)3/h6-7,10,12-13,15-16,19H,4-5,8-9,11H2,1-3H3/t15-,16-/m0/s1. The molecule has 1 saturated heterocycles. The number of imidazole rings is 1. The van der Waals surface area contributed by atoms with Crippen LogP contribution in [0.5, 0.6) is 0 Å². The highest BCUT2D eigenvalue weighted by Crippen LogP contribution is 2.28. The van der Waals surface area contributed by atoms with Gasteiger partial charge in [-0.1, -0.05) is 13.8 Å². The van der Waals surface area contributed by atoms with E-state index in [1.165, 1.54) is 5.56 Å². The van der Waals surface area contributed by atoms with Crippen LogP contribution in [0.2, 0.25) is 0 Å². The van der Waals surface area contributed by atoms with Gasteiger partial charge in [-0.3, -0.25) is 4.68 Å². The van der Waals surface area contributed by atoms with Crippen LogP contribution in [0.1, 0.15) is 44.7 Å². The van der Waals surface area contributed by atoms with Crippen LogP contribution in [0.15, 0.2) is 24.8 Å². The van der Waals surface area contributed by atoms with Gasteiger partial charge in [-0.15, -0.1) is 0 Å². The highest BCUT2D eigenvalue weighted by molar-refractivity contribution is 5.07. The number of aryl methyl sites for hydroxylation is 1. The smallest absolute Gasteiger partial charge is 0.139 e.